The van der Waals surface area contributed by atoms with Crippen molar-refractivity contribution >= 4 is 5.91 Å². The number of rotatable bonds is 3. The van der Waals surface area contributed by atoms with Crippen molar-refractivity contribution in [3.63, 3.8) is 0 Å². The molecule has 0 bridgehead atoms. The third kappa shape index (κ3) is 3.16. The lowest BCUT2D eigenvalue weighted by Crippen LogP contribution is -2.18. The first kappa shape index (κ1) is 18.6. The van der Waals surface area contributed by atoms with Gasteiger partial charge in [-0.25, -0.2) is 8.78 Å². The van der Waals surface area contributed by atoms with Crippen molar-refractivity contribution in [1.29, 1.82) is 0 Å². The summed E-state index contributed by atoms with van der Waals surface area (Å²) in [5.41, 5.74) is 2.63. The normalized spacial score (nSPS) is 11.6. The fraction of sp³-hybridized carbons (Fsp3) is 0.111. The van der Waals surface area contributed by atoms with E-state index < -0.39 is 35.0 Å². The summed E-state index contributed by atoms with van der Waals surface area (Å²) in [5.74, 6) is -3.61. The highest BCUT2D eigenvalue weighted by Crippen LogP contribution is 2.40. The Kier molecular flexibility index (Phi) is 4.46. The molecule has 1 heterocycles. The fourth-order valence-electron chi connectivity index (χ4n) is 2.90. The Balaban J connectivity index is 2.36. The minimum absolute atomic E-state index is 0.0568. The van der Waals surface area contributed by atoms with Gasteiger partial charge in [-0.3, -0.25) is 9.48 Å². The third-order valence-electron chi connectivity index (χ3n) is 3.99. The Bertz CT molecular complexity index is 1040. The van der Waals surface area contributed by atoms with E-state index >= 15 is 0 Å². The number of halogens is 5. The van der Waals surface area contributed by atoms with Crippen molar-refractivity contribution in [2.75, 3.05) is 0 Å². The highest BCUT2D eigenvalue weighted by Gasteiger charge is 2.41. The molecule has 0 aliphatic carbocycles. The van der Waals surface area contributed by atoms with E-state index in [1.165, 1.54) is 43.4 Å². The summed E-state index contributed by atoms with van der Waals surface area (Å²) in [4.78, 5) is 11.8. The van der Waals surface area contributed by atoms with Gasteiger partial charge in [-0.15, -0.1) is 0 Å². The average molecular weight is 381 g/mol. The third-order valence-corrected chi connectivity index (χ3v) is 3.99. The molecule has 0 fully saturated rings. The van der Waals surface area contributed by atoms with Crippen LogP contribution in [0.2, 0.25) is 0 Å². The number of benzene rings is 2. The van der Waals surface area contributed by atoms with E-state index in [9.17, 15) is 26.7 Å². The molecule has 4 nitrogen and oxygen atoms in total. The van der Waals surface area contributed by atoms with Crippen LogP contribution in [0.15, 0.2) is 42.5 Å². The minimum Gasteiger partial charge on any atom is -0.365 e. The molecule has 0 spiro atoms. The van der Waals surface area contributed by atoms with Crippen molar-refractivity contribution in [3.05, 3.63) is 65.4 Å². The monoisotopic (exact) mass is 381 g/mol. The van der Waals surface area contributed by atoms with E-state index in [0.717, 1.165) is 10.7 Å². The quantitative estimate of drug-likeness (QED) is 0.693. The van der Waals surface area contributed by atoms with Gasteiger partial charge in [0.1, 0.15) is 0 Å². The predicted octanol–water partition coefficient (Wildman–Crippen LogP) is 4.15. The summed E-state index contributed by atoms with van der Waals surface area (Å²) >= 11 is 0. The SMILES string of the molecule is Cn1nc(C(F)(F)F)c(C(N)=O)c1-c1ccccc1-c1cccc(F)c1F. The zero-order valence-electron chi connectivity index (χ0n) is 13.8. The molecule has 3 rings (SSSR count). The molecule has 0 saturated carbocycles. The molecule has 0 unspecified atom stereocenters. The van der Waals surface area contributed by atoms with Gasteiger partial charge in [-0.2, -0.15) is 18.3 Å². The van der Waals surface area contributed by atoms with E-state index in [2.05, 4.69) is 5.10 Å². The number of alkyl halides is 3. The van der Waals surface area contributed by atoms with Crippen LogP contribution in [-0.2, 0) is 13.2 Å². The largest absolute Gasteiger partial charge is 0.435 e. The first-order chi connectivity index (χ1) is 12.6. The molecule has 0 aliphatic rings. The molecular formula is C18H12F5N3O. The molecule has 27 heavy (non-hydrogen) atoms. The van der Waals surface area contributed by atoms with E-state index in [4.69, 9.17) is 5.73 Å². The average Bonchev–Trinajstić information content (AvgIpc) is 2.95. The second-order valence-corrected chi connectivity index (χ2v) is 5.70. The van der Waals surface area contributed by atoms with Crippen LogP contribution in [-0.4, -0.2) is 15.7 Å². The summed E-state index contributed by atoms with van der Waals surface area (Å²) in [6.45, 7) is 0. The lowest BCUT2D eigenvalue weighted by molar-refractivity contribution is -0.141. The van der Waals surface area contributed by atoms with Crippen LogP contribution >= 0.6 is 0 Å². The summed E-state index contributed by atoms with van der Waals surface area (Å²) < 4.78 is 68.5. The molecule has 140 valence electrons. The Hall–Kier alpha value is -3.23. The van der Waals surface area contributed by atoms with E-state index in [1.54, 1.807) is 0 Å². The van der Waals surface area contributed by atoms with E-state index in [0.29, 0.717) is 0 Å². The number of amides is 1. The van der Waals surface area contributed by atoms with Crippen LogP contribution in [0.1, 0.15) is 16.1 Å². The van der Waals surface area contributed by atoms with E-state index in [-0.39, 0.29) is 22.4 Å². The molecule has 2 N–H and O–H groups in total. The zero-order chi connectivity index (χ0) is 19.9. The van der Waals surface area contributed by atoms with Crippen LogP contribution in [0, 0.1) is 11.6 Å². The van der Waals surface area contributed by atoms with Gasteiger partial charge in [0.05, 0.1) is 11.3 Å². The zero-order valence-corrected chi connectivity index (χ0v) is 13.8. The second kappa shape index (κ2) is 6.49. The molecule has 1 amide bonds. The lowest BCUT2D eigenvalue weighted by Gasteiger charge is -2.13. The Morgan fingerprint density at radius 1 is 1.00 bits per heavy atom. The number of hydrogen-bond donors (Lipinski definition) is 1. The standard InChI is InChI=1S/C18H12F5N3O/c1-26-15(13(17(24)27)16(25-26)18(21,22)23)11-6-3-2-5-9(11)10-7-4-8-12(19)14(10)20/h2-8H,1H3,(H2,24,27). The fourth-order valence-corrected chi connectivity index (χ4v) is 2.90. The number of carbonyl (C=O) groups excluding carboxylic acids is 1. The van der Waals surface area contributed by atoms with Crippen molar-refractivity contribution in [2.24, 2.45) is 12.8 Å². The van der Waals surface area contributed by atoms with Gasteiger partial charge >= 0.3 is 6.18 Å². The Labute approximate surface area is 150 Å². The van der Waals surface area contributed by atoms with Crippen LogP contribution < -0.4 is 5.73 Å². The molecule has 9 heteroatoms. The smallest absolute Gasteiger partial charge is 0.365 e. The van der Waals surface area contributed by atoms with Gasteiger partial charge in [0.25, 0.3) is 5.91 Å². The first-order valence-corrected chi connectivity index (χ1v) is 7.60. The Morgan fingerprint density at radius 2 is 1.59 bits per heavy atom. The van der Waals surface area contributed by atoms with Crippen molar-refractivity contribution in [1.82, 2.24) is 9.78 Å². The number of carbonyl (C=O) groups is 1. The van der Waals surface area contributed by atoms with Crippen LogP contribution in [0.25, 0.3) is 22.4 Å². The molecule has 1 aromatic heterocycles. The predicted molar refractivity (Wildman–Crippen MR) is 87.5 cm³/mol. The first-order valence-electron chi connectivity index (χ1n) is 7.60. The summed E-state index contributed by atoms with van der Waals surface area (Å²) in [6, 6.07) is 9.24. The maximum atomic E-state index is 14.3. The van der Waals surface area contributed by atoms with Gasteiger partial charge in [0.15, 0.2) is 17.3 Å². The van der Waals surface area contributed by atoms with Crippen molar-refractivity contribution < 1.29 is 26.7 Å². The maximum absolute atomic E-state index is 14.3. The minimum atomic E-state index is -4.92. The van der Waals surface area contributed by atoms with Gasteiger partial charge in [-0.05, 0) is 11.6 Å². The summed E-state index contributed by atoms with van der Waals surface area (Å²) in [6.07, 6.45) is -4.92. The number of aryl methyl sites for hydroxylation is 1. The van der Waals surface area contributed by atoms with Crippen LogP contribution in [0.3, 0.4) is 0 Å². The number of primary amides is 1. The van der Waals surface area contributed by atoms with Gasteiger partial charge < -0.3 is 5.73 Å². The van der Waals surface area contributed by atoms with Crippen molar-refractivity contribution in [3.8, 4) is 22.4 Å². The molecule has 3 aromatic rings. The molecular weight excluding hydrogens is 369 g/mol. The number of nitrogens with two attached hydrogens (primary N) is 1. The van der Waals surface area contributed by atoms with Gasteiger partial charge in [0, 0.05) is 18.2 Å². The van der Waals surface area contributed by atoms with Crippen LogP contribution in [0.4, 0.5) is 22.0 Å². The summed E-state index contributed by atoms with van der Waals surface area (Å²) in [7, 11) is 1.20. The molecule has 0 aliphatic heterocycles. The Morgan fingerprint density at radius 3 is 2.19 bits per heavy atom. The number of nitrogens with zero attached hydrogens (tertiary/aromatic N) is 2. The lowest BCUT2D eigenvalue weighted by atomic mass is 9.94. The molecule has 0 radical (unpaired) electrons. The highest BCUT2D eigenvalue weighted by molar-refractivity contribution is 6.02. The topological polar surface area (TPSA) is 60.9 Å². The van der Waals surface area contributed by atoms with Crippen molar-refractivity contribution in [2.45, 2.75) is 6.18 Å². The number of hydrogen-bond acceptors (Lipinski definition) is 2. The molecule has 0 saturated heterocycles. The maximum Gasteiger partial charge on any atom is 0.435 e. The summed E-state index contributed by atoms with van der Waals surface area (Å²) in [5, 5.41) is 3.38. The molecule has 0 atom stereocenters. The van der Waals surface area contributed by atoms with Gasteiger partial charge in [0.2, 0.25) is 0 Å². The molecule has 2 aromatic carbocycles. The van der Waals surface area contributed by atoms with E-state index in [1.807, 2.05) is 0 Å². The highest BCUT2D eigenvalue weighted by atomic mass is 19.4. The van der Waals surface area contributed by atoms with Crippen LogP contribution in [0.5, 0.6) is 0 Å². The number of aromatic nitrogens is 2. The second-order valence-electron chi connectivity index (χ2n) is 5.70. The van der Waals surface area contributed by atoms with Gasteiger partial charge in [-0.1, -0.05) is 36.4 Å².